The highest BCUT2D eigenvalue weighted by Gasteiger charge is 2.54. The molecule has 0 radical (unpaired) electrons. The van der Waals surface area contributed by atoms with E-state index in [0.29, 0.717) is 42.4 Å². The van der Waals surface area contributed by atoms with Gasteiger partial charge in [-0.05, 0) is 101 Å². The van der Waals surface area contributed by atoms with Gasteiger partial charge >= 0.3 is 0 Å². The second-order valence-corrected chi connectivity index (χ2v) is 12.0. The highest BCUT2D eigenvalue weighted by Crippen LogP contribution is 2.58. The Kier molecular flexibility index (Phi) is 10.2. The fourth-order valence-corrected chi connectivity index (χ4v) is 6.19. The van der Waals surface area contributed by atoms with E-state index in [9.17, 15) is 9.59 Å². The second kappa shape index (κ2) is 14.2. The summed E-state index contributed by atoms with van der Waals surface area (Å²) in [4.78, 5) is 34.2. The number of unbranched alkanes of at least 4 members (excludes halogenated alkanes) is 5. The number of ketones is 1. The number of aromatic nitrogens is 2. The van der Waals surface area contributed by atoms with Crippen LogP contribution in [0.25, 0.3) is 22.2 Å². The summed E-state index contributed by atoms with van der Waals surface area (Å²) in [5, 5.41) is 1.04. The molecule has 1 saturated heterocycles. The third kappa shape index (κ3) is 8.03. The van der Waals surface area contributed by atoms with Crippen molar-refractivity contribution in [3.63, 3.8) is 0 Å². The minimum absolute atomic E-state index is 0.343. The van der Waals surface area contributed by atoms with Gasteiger partial charge in [0, 0.05) is 42.2 Å². The molecule has 2 aliphatic rings. The van der Waals surface area contributed by atoms with Gasteiger partial charge in [0.05, 0.1) is 18.3 Å². The third-order valence-corrected chi connectivity index (χ3v) is 9.13. The SMILES string of the molecule is CCC(=O)CCCCCCc1ncc(-c2ccc3nc(OCCCCCN4CCC5(CC4)CC5C=O)ccc3c2)o1. The first-order valence-corrected chi connectivity index (χ1v) is 15.8. The van der Waals surface area contributed by atoms with E-state index >= 15 is 0 Å². The van der Waals surface area contributed by atoms with Crippen LogP contribution in [0.4, 0.5) is 0 Å². The van der Waals surface area contributed by atoms with Crippen molar-refractivity contribution in [2.24, 2.45) is 11.3 Å². The summed E-state index contributed by atoms with van der Waals surface area (Å²) in [6, 6.07) is 10.1. The molecule has 7 heteroatoms. The lowest BCUT2D eigenvalue weighted by molar-refractivity contribution is -0.118. The predicted octanol–water partition coefficient (Wildman–Crippen LogP) is 7.21. The Bertz CT molecular complexity index is 1290. The second-order valence-electron chi connectivity index (χ2n) is 12.0. The number of hydrogen-bond acceptors (Lipinski definition) is 7. The molecule has 1 aliphatic carbocycles. The van der Waals surface area contributed by atoms with Crippen molar-refractivity contribution >= 4 is 23.0 Å². The number of piperidine rings is 1. The largest absolute Gasteiger partial charge is 0.478 e. The Morgan fingerprint density at radius 1 is 1.07 bits per heavy atom. The summed E-state index contributed by atoms with van der Waals surface area (Å²) in [6.45, 7) is 6.04. The number of aldehydes is 1. The van der Waals surface area contributed by atoms with Crippen molar-refractivity contribution in [2.75, 3.05) is 26.2 Å². The summed E-state index contributed by atoms with van der Waals surface area (Å²) in [5.74, 6) is 2.91. The number of oxazole rings is 1. The number of likely N-dealkylation sites (tertiary alicyclic amines) is 1. The van der Waals surface area contributed by atoms with E-state index in [1.165, 1.54) is 25.5 Å². The molecule has 7 nitrogen and oxygen atoms in total. The Hall–Kier alpha value is -3.06. The molecule has 2 fully saturated rings. The van der Waals surface area contributed by atoms with Gasteiger partial charge < -0.3 is 18.8 Å². The molecule has 220 valence electrons. The van der Waals surface area contributed by atoms with Crippen LogP contribution in [0.15, 0.2) is 40.9 Å². The number of carbonyl (C=O) groups excluding carboxylic acids is 2. The minimum atomic E-state index is 0.343. The molecule has 1 aliphatic heterocycles. The maximum absolute atomic E-state index is 11.4. The summed E-state index contributed by atoms with van der Waals surface area (Å²) in [6.07, 6.45) is 16.2. The fourth-order valence-electron chi connectivity index (χ4n) is 6.19. The average Bonchev–Trinajstić information content (AvgIpc) is 3.46. The molecular weight excluding hydrogens is 514 g/mol. The molecule has 3 aromatic rings. The zero-order valence-electron chi connectivity index (χ0n) is 24.6. The number of aryl methyl sites for hydroxylation is 1. The number of Topliss-reactive ketones (excluding diaryl/α,β-unsaturated/α-hetero) is 1. The number of pyridine rings is 1. The molecule has 1 aromatic carbocycles. The monoisotopic (exact) mass is 559 g/mol. The van der Waals surface area contributed by atoms with Crippen LogP contribution >= 0.6 is 0 Å². The van der Waals surface area contributed by atoms with E-state index in [4.69, 9.17) is 14.1 Å². The van der Waals surface area contributed by atoms with Gasteiger partial charge in [0.15, 0.2) is 11.7 Å². The van der Waals surface area contributed by atoms with Crippen LogP contribution in [-0.4, -0.2) is 53.2 Å². The molecule has 2 aromatic heterocycles. The highest BCUT2D eigenvalue weighted by molar-refractivity contribution is 5.84. The van der Waals surface area contributed by atoms with Gasteiger partial charge in [-0.15, -0.1) is 0 Å². The molecule has 1 saturated carbocycles. The van der Waals surface area contributed by atoms with Crippen molar-refractivity contribution in [2.45, 2.75) is 90.4 Å². The maximum atomic E-state index is 11.4. The Morgan fingerprint density at radius 2 is 1.90 bits per heavy atom. The quantitative estimate of drug-likeness (QED) is 0.128. The van der Waals surface area contributed by atoms with E-state index in [-0.39, 0.29) is 0 Å². The first kappa shape index (κ1) is 29.4. The van der Waals surface area contributed by atoms with Crippen LogP contribution in [0.5, 0.6) is 5.88 Å². The number of carbonyl (C=O) groups is 2. The molecule has 0 N–H and O–H groups in total. The molecule has 41 heavy (non-hydrogen) atoms. The Balaban J connectivity index is 0.991. The summed E-state index contributed by atoms with van der Waals surface area (Å²) in [5.41, 5.74) is 2.27. The molecule has 1 spiro atoms. The van der Waals surface area contributed by atoms with E-state index in [1.54, 1.807) is 6.20 Å². The summed E-state index contributed by atoms with van der Waals surface area (Å²) in [7, 11) is 0. The van der Waals surface area contributed by atoms with E-state index < -0.39 is 0 Å². The number of benzene rings is 1. The molecule has 3 heterocycles. The van der Waals surface area contributed by atoms with E-state index in [0.717, 1.165) is 99.1 Å². The van der Waals surface area contributed by atoms with Crippen LogP contribution in [0.1, 0.15) is 89.9 Å². The first-order valence-electron chi connectivity index (χ1n) is 15.8. The van der Waals surface area contributed by atoms with Crippen LogP contribution in [0, 0.1) is 11.3 Å². The topological polar surface area (TPSA) is 85.5 Å². The third-order valence-electron chi connectivity index (χ3n) is 9.13. The zero-order chi connectivity index (χ0) is 28.5. The van der Waals surface area contributed by atoms with Crippen molar-refractivity contribution in [3.05, 3.63) is 42.4 Å². The number of ether oxygens (including phenoxy) is 1. The number of fused-ring (bicyclic) bond motifs is 1. The van der Waals surface area contributed by atoms with Gasteiger partial charge in [-0.3, -0.25) is 4.79 Å². The van der Waals surface area contributed by atoms with Gasteiger partial charge in [-0.25, -0.2) is 9.97 Å². The van der Waals surface area contributed by atoms with Gasteiger partial charge in [-0.1, -0.05) is 19.8 Å². The average molecular weight is 560 g/mol. The molecule has 0 bridgehead atoms. The van der Waals surface area contributed by atoms with Crippen LogP contribution in [0.2, 0.25) is 0 Å². The molecule has 0 amide bonds. The smallest absolute Gasteiger partial charge is 0.213 e. The van der Waals surface area contributed by atoms with Crippen molar-refractivity contribution in [1.29, 1.82) is 0 Å². The van der Waals surface area contributed by atoms with Crippen LogP contribution in [0.3, 0.4) is 0 Å². The molecular formula is C34H45N3O4. The zero-order valence-corrected chi connectivity index (χ0v) is 24.6. The number of hydrogen-bond donors (Lipinski definition) is 0. The fraction of sp³-hybridized carbons (Fsp3) is 0.588. The van der Waals surface area contributed by atoms with E-state index in [2.05, 4.69) is 22.0 Å². The lowest BCUT2D eigenvalue weighted by Crippen LogP contribution is -2.35. The Labute approximate surface area is 244 Å². The predicted molar refractivity (Wildman–Crippen MR) is 161 cm³/mol. The van der Waals surface area contributed by atoms with Crippen molar-refractivity contribution in [1.82, 2.24) is 14.9 Å². The standard InChI is InChI=1S/C34H45N3O4/c1-2-29(39)10-6-3-4-7-11-32-35-24-31(41-32)27-12-14-30-26(22-27)13-15-33(36-30)40-21-9-5-8-18-37-19-16-34(17-20-37)23-28(34)25-38/h12-15,22,24-25,28H,2-11,16-21,23H2,1H3. The minimum Gasteiger partial charge on any atom is -0.478 e. The van der Waals surface area contributed by atoms with Crippen LogP contribution in [-0.2, 0) is 16.0 Å². The molecule has 5 rings (SSSR count). The van der Waals surface area contributed by atoms with Gasteiger partial charge in [0.25, 0.3) is 0 Å². The van der Waals surface area contributed by atoms with Gasteiger partial charge in [0.2, 0.25) is 5.88 Å². The summed E-state index contributed by atoms with van der Waals surface area (Å²) < 4.78 is 12.0. The van der Waals surface area contributed by atoms with Crippen LogP contribution < -0.4 is 4.74 Å². The van der Waals surface area contributed by atoms with Crippen molar-refractivity contribution < 1.29 is 18.7 Å². The number of nitrogens with zero attached hydrogens (tertiary/aromatic N) is 3. The lowest BCUT2D eigenvalue weighted by atomic mass is 9.91. The van der Waals surface area contributed by atoms with Gasteiger partial charge in [0.1, 0.15) is 12.1 Å². The van der Waals surface area contributed by atoms with Crippen molar-refractivity contribution in [3.8, 4) is 17.2 Å². The first-order chi connectivity index (χ1) is 20.1. The highest BCUT2D eigenvalue weighted by atomic mass is 16.5. The lowest BCUT2D eigenvalue weighted by Gasteiger charge is -2.32. The maximum Gasteiger partial charge on any atom is 0.213 e. The number of rotatable bonds is 17. The normalized spacial score (nSPS) is 18.1. The summed E-state index contributed by atoms with van der Waals surface area (Å²) >= 11 is 0. The molecule has 1 unspecified atom stereocenters. The molecule has 1 atom stereocenters. The Morgan fingerprint density at radius 3 is 2.71 bits per heavy atom. The van der Waals surface area contributed by atoms with Gasteiger partial charge in [-0.2, -0.15) is 0 Å². The van der Waals surface area contributed by atoms with E-state index in [1.807, 2.05) is 25.1 Å².